The van der Waals surface area contributed by atoms with E-state index in [4.69, 9.17) is 0 Å². The van der Waals surface area contributed by atoms with Crippen LogP contribution in [-0.2, 0) is 17.9 Å². The van der Waals surface area contributed by atoms with Gasteiger partial charge in [0.25, 0.3) is 11.8 Å². The van der Waals surface area contributed by atoms with Crippen molar-refractivity contribution in [3.05, 3.63) is 89.0 Å². The second kappa shape index (κ2) is 15.5. The predicted octanol–water partition coefficient (Wildman–Crippen LogP) is 5.37. The number of benzene rings is 3. The first kappa shape index (κ1) is 31.3. The molecule has 9 heteroatoms. The van der Waals surface area contributed by atoms with Crippen LogP contribution in [-0.4, -0.2) is 65.4 Å². The number of hydrogen-bond donors (Lipinski definition) is 4. The van der Waals surface area contributed by atoms with Crippen LogP contribution in [0, 0.1) is 0 Å². The molecule has 3 aromatic carbocycles. The number of anilines is 3. The largest absolute Gasteiger partial charge is 0.480 e. The number of nitrogens with one attached hydrogen (secondary N) is 3. The van der Waals surface area contributed by atoms with Gasteiger partial charge in [0.05, 0.1) is 5.56 Å². The summed E-state index contributed by atoms with van der Waals surface area (Å²) in [6.45, 7) is 13.6. The molecule has 41 heavy (non-hydrogen) atoms. The van der Waals surface area contributed by atoms with Gasteiger partial charge in [0.1, 0.15) is 6.54 Å². The summed E-state index contributed by atoms with van der Waals surface area (Å²) in [5.41, 5.74) is 4.34. The van der Waals surface area contributed by atoms with Crippen LogP contribution in [0.15, 0.2) is 66.7 Å². The Hall–Kier alpha value is -4.21. The second-order valence-corrected chi connectivity index (χ2v) is 9.73. The molecule has 3 aromatic rings. The van der Waals surface area contributed by atoms with Crippen LogP contribution in [0.4, 0.5) is 17.1 Å². The molecule has 0 heterocycles. The highest BCUT2D eigenvalue weighted by molar-refractivity contribution is 6.10. The molecule has 3 rings (SSSR count). The molecule has 4 N–H and O–H groups in total. The molecule has 0 atom stereocenters. The van der Waals surface area contributed by atoms with Gasteiger partial charge in [-0.15, -0.1) is 0 Å². The van der Waals surface area contributed by atoms with Crippen LogP contribution < -0.4 is 16.0 Å². The van der Waals surface area contributed by atoms with E-state index in [0.29, 0.717) is 16.9 Å². The first-order valence-electron chi connectivity index (χ1n) is 14.1. The Morgan fingerprint density at radius 3 is 1.56 bits per heavy atom. The fourth-order valence-corrected chi connectivity index (χ4v) is 4.40. The van der Waals surface area contributed by atoms with Crippen molar-refractivity contribution in [2.24, 2.45) is 0 Å². The number of hydrogen-bond acceptors (Lipinski definition) is 6. The minimum absolute atomic E-state index is 0.232. The Balaban J connectivity index is 1.73. The SMILES string of the molecule is CCN(CC)Cc1ccc(NC(=O)c2ccc(C(=O)Nc3ccc(CN(CC)CC)cc3)c(NCC(=O)O)c2)cc1. The molecule has 0 bridgehead atoms. The van der Waals surface area contributed by atoms with E-state index >= 15 is 0 Å². The third kappa shape index (κ3) is 9.44. The van der Waals surface area contributed by atoms with Gasteiger partial charge < -0.3 is 21.1 Å². The summed E-state index contributed by atoms with van der Waals surface area (Å²) in [6, 6.07) is 19.9. The van der Waals surface area contributed by atoms with Gasteiger partial charge in [-0.2, -0.15) is 0 Å². The van der Waals surface area contributed by atoms with E-state index in [2.05, 4.69) is 53.4 Å². The van der Waals surface area contributed by atoms with Crippen molar-refractivity contribution in [3.8, 4) is 0 Å². The van der Waals surface area contributed by atoms with Crippen molar-refractivity contribution in [3.63, 3.8) is 0 Å². The highest BCUT2D eigenvalue weighted by atomic mass is 16.4. The zero-order valence-corrected chi connectivity index (χ0v) is 24.4. The molecule has 0 saturated heterocycles. The number of amides is 2. The van der Waals surface area contributed by atoms with Crippen molar-refractivity contribution >= 4 is 34.8 Å². The van der Waals surface area contributed by atoms with Crippen LogP contribution in [0.3, 0.4) is 0 Å². The topological polar surface area (TPSA) is 114 Å². The number of nitrogens with zero attached hydrogens (tertiary/aromatic N) is 2. The molecule has 0 saturated carbocycles. The Morgan fingerprint density at radius 1 is 0.659 bits per heavy atom. The van der Waals surface area contributed by atoms with Crippen molar-refractivity contribution < 1.29 is 19.5 Å². The molecular formula is C32H41N5O4. The Kier molecular flexibility index (Phi) is 11.9. The lowest BCUT2D eigenvalue weighted by Gasteiger charge is -2.18. The van der Waals surface area contributed by atoms with E-state index in [0.717, 1.165) is 50.4 Å². The number of carboxylic acids is 1. The molecule has 0 spiro atoms. The molecule has 2 amide bonds. The predicted molar refractivity (Wildman–Crippen MR) is 165 cm³/mol. The normalized spacial score (nSPS) is 11.0. The fraction of sp³-hybridized carbons (Fsp3) is 0.344. The van der Waals surface area contributed by atoms with Crippen molar-refractivity contribution in [2.45, 2.75) is 40.8 Å². The van der Waals surface area contributed by atoms with E-state index in [1.54, 1.807) is 6.07 Å². The first-order valence-corrected chi connectivity index (χ1v) is 14.1. The van der Waals surface area contributed by atoms with E-state index in [1.807, 2.05) is 48.5 Å². The van der Waals surface area contributed by atoms with Crippen LogP contribution in [0.1, 0.15) is 59.5 Å². The van der Waals surface area contributed by atoms with Crippen molar-refractivity contribution in [1.29, 1.82) is 0 Å². The van der Waals surface area contributed by atoms with E-state index in [9.17, 15) is 19.5 Å². The van der Waals surface area contributed by atoms with Gasteiger partial charge in [-0.25, -0.2) is 0 Å². The second-order valence-electron chi connectivity index (χ2n) is 9.73. The van der Waals surface area contributed by atoms with Crippen LogP contribution in [0.25, 0.3) is 0 Å². The van der Waals surface area contributed by atoms with Gasteiger partial charge in [-0.1, -0.05) is 52.0 Å². The molecule has 0 aliphatic carbocycles. The van der Waals surface area contributed by atoms with Crippen molar-refractivity contribution in [2.75, 3.05) is 48.7 Å². The summed E-state index contributed by atoms with van der Waals surface area (Å²) in [5.74, 6) is -1.86. The van der Waals surface area contributed by atoms with Crippen LogP contribution >= 0.6 is 0 Å². The quantitative estimate of drug-likeness (QED) is 0.198. The average molecular weight is 560 g/mol. The number of rotatable bonds is 15. The van der Waals surface area contributed by atoms with E-state index in [1.165, 1.54) is 12.1 Å². The highest BCUT2D eigenvalue weighted by Crippen LogP contribution is 2.22. The fourth-order valence-electron chi connectivity index (χ4n) is 4.40. The Labute approximate surface area is 242 Å². The zero-order chi connectivity index (χ0) is 29.8. The first-order chi connectivity index (χ1) is 19.8. The lowest BCUT2D eigenvalue weighted by molar-refractivity contribution is -0.134. The molecule has 0 unspecified atom stereocenters. The number of aliphatic carboxylic acids is 1. The lowest BCUT2D eigenvalue weighted by atomic mass is 10.1. The molecule has 9 nitrogen and oxygen atoms in total. The number of carbonyl (C=O) groups excluding carboxylic acids is 2. The summed E-state index contributed by atoms with van der Waals surface area (Å²) in [4.78, 5) is 42.0. The Bertz CT molecular complexity index is 1300. The molecule has 218 valence electrons. The van der Waals surface area contributed by atoms with Gasteiger partial charge in [0.2, 0.25) is 0 Å². The lowest BCUT2D eigenvalue weighted by Crippen LogP contribution is -2.22. The van der Waals surface area contributed by atoms with Gasteiger partial charge >= 0.3 is 5.97 Å². The summed E-state index contributed by atoms with van der Waals surface area (Å²) in [7, 11) is 0. The minimum atomic E-state index is -1.08. The maximum atomic E-state index is 13.1. The average Bonchev–Trinajstić information content (AvgIpc) is 2.99. The van der Waals surface area contributed by atoms with Crippen molar-refractivity contribution in [1.82, 2.24) is 9.80 Å². The Morgan fingerprint density at radius 2 is 1.12 bits per heavy atom. The van der Waals surface area contributed by atoms with Crippen LogP contribution in [0.2, 0.25) is 0 Å². The smallest absolute Gasteiger partial charge is 0.322 e. The molecule has 0 fully saturated rings. The highest BCUT2D eigenvalue weighted by Gasteiger charge is 2.16. The van der Waals surface area contributed by atoms with Gasteiger partial charge in [0, 0.05) is 35.7 Å². The maximum absolute atomic E-state index is 13.1. The van der Waals surface area contributed by atoms with Gasteiger partial charge in [0.15, 0.2) is 0 Å². The van der Waals surface area contributed by atoms with Gasteiger partial charge in [-0.05, 0) is 79.8 Å². The number of carboxylic acid groups (broad SMARTS) is 1. The van der Waals surface area contributed by atoms with E-state index < -0.39 is 18.4 Å². The maximum Gasteiger partial charge on any atom is 0.322 e. The molecule has 0 aliphatic heterocycles. The monoisotopic (exact) mass is 559 g/mol. The molecule has 0 radical (unpaired) electrons. The van der Waals surface area contributed by atoms with Crippen LogP contribution in [0.5, 0.6) is 0 Å². The van der Waals surface area contributed by atoms with E-state index in [-0.39, 0.29) is 17.2 Å². The summed E-state index contributed by atoms with van der Waals surface area (Å²) >= 11 is 0. The minimum Gasteiger partial charge on any atom is -0.480 e. The summed E-state index contributed by atoms with van der Waals surface area (Å²) < 4.78 is 0. The third-order valence-electron chi connectivity index (χ3n) is 6.98. The summed E-state index contributed by atoms with van der Waals surface area (Å²) in [6.07, 6.45) is 0. The number of carbonyl (C=O) groups is 3. The zero-order valence-electron chi connectivity index (χ0n) is 24.4. The standard InChI is InChI=1S/C32H41N5O4/c1-5-36(6-2)21-23-9-14-26(15-10-23)34-31(40)25-13-18-28(29(19-25)33-20-30(38)39)32(41)35-27-16-11-24(12-17-27)22-37(7-3)8-4/h9-19,33H,5-8,20-22H2,1-4H3,(H,34,40)(H,35,41)(H,38,39). The molecule has 0 aliphatic rings. The van der Waals surface area contributed by atoms with Gasteiger partial charge in [-0.3, -0.25) is 24.2 Å². The molecular weight excluding hydrogens is 518 g/mol. The summed E-state index contributed by atoms with van der Waals surface area (Å²) in [5, 5.41) is 17.7. The molecule has 0 aromatic heterocycles. The third-order valence-corrected chi connectivity index (χ3v) is 6.98.